The Bertz CT molecular complexity index is 455. The van der Waals surface area contributed by atoms with Gasteiger partial charge >= 0.3 is 0 Å². The molecule has 0 radical (unpaired) electrons. The Morgan fingerprint density at radius 2 is 1.87 bits per heavy atom. The van der Waals surface area contributed by atoms with Gasteiger partial charge in [-0.05, 0) is 43.0 Å². The van der Waals surface area contributed by atoms with Crippen LogP contribution in [0.15, 0.2) is 24.3 Å². The number of halogens is 2. The minimum atomic E-state index is 0. The number of hydrogen-bond acceptors (Lipinski definition) is 4. The third-order valence-electron chi connectivity index (χ3n) is 4.58. The highest BCUT2D eigenvalue weighted by Gasteiger charge is 2.23. The molecule has 2 heterocycles. The molecule has 2 N–H and O–H groups in total. The second-order valence-electron chi connectivity index (χ2n) is 6.40. The highest BCUT2D eigenvalue weighted by atomic mass is 35.5. The summed E-state index contributed by atoms with van der Waals surface area (Å²) in [7, 11) is 0. The van der Waals surface area contributed by atoms with Crippen LogP contribution < -0.4 is 5.73 Å². The van der Waals surface area contributed by atoms with Crippen molar-refractivity contribution in [3.8, 4) is 0 Å². The lowest BCUT2D eigenvalue weighted by atomic mass is 9.96. The highest BCUT2D eigenvalue weighted by molar-refractivity contribution is 5.85. The minimum absolute atomic E-state index is 0. The fourth-order valence-electron chi connectivity index (χ4n) is 3.54. The van der Waals surface area contributed by atoms with Crippen molar-refractivity contribution in [3.05, 3.63) is 29.8 Å². The predicted molar refractivity (Wildman–Crippen MR) is 101 cm³/mol. The summed E-state index contributed by atoms with van der Waals surface area (Å²) in [6.45, 7) is 8.71. The van der Waals surface area contributed by atoms with Crippen molar-refractivity contribution in [1.29, 1.82) is 0 Å². The minimum Gasteiger partial charge on any atom is -0.399 e. The number of benzene rings is 1. The number of rotatable bonds is 4. The quantitative estimate of drug-likeness (QED) is 0.837. The Morgan fingerprint density at radius 3 is 2.61 bits per heavy atom. The molecule has 23 heavy (non-hydrogen) atoms. The molecule has 2 aliphatic rings. The van der Waals surface area contributed by atoms with Crippen LogP contribution in [0.25, 0.3) is 0 Å². The zero-order valence-electron chi connectivity index (χ0n) is 13.7. The molecule has 1 unspecified atom stereocenters. The molecule has 6 heteroatoms. The monoisotopic (exact) mass is 361 g/mol. The molecule has 2 fully saturated rings. The van der Waals surface area contributed by atoms with Crippen molar-refractivity contribution in [1.82, 2.24) is 9.80 Å². The van der Waals surface area contributed by atoms with E-state index in [0.29, 0.717) is 0 Å². The average Bonchev–Trinajstić information content (AvgIpc) is 2.49. The van der Waals surface area contributed by atoms with Gasteiger partial charge in [0.1, 0.15) is 0 Å². The first-order chi connectivity index (χ1) is 10.3. The molecular formula is C17H29Cl2N3O. The van der Waals surface area contributed by atoms with Crippen LogP contribution in [-0.4, -0.2) is 55.7 Å². The van der Waals surface area contributed by atoms with E-state index >= 15 is 0 Å². The van der Waals surface area contributed by atoms with Crippen molar-refractivity contribution in [2.24, 2.45) is 5.92 Å². The number of hydrogen-bond donors (Lipinski definition) is 1. The Labute approximate surface area is 152 Å². The van der Waals surface area contributed by atoms with Gasteiger partial charge in [-0.2, -0.15) is 0 Å². The van der Waals surface area contributed by atoms with E-state index in [1.807, 2.05) is 6.07 Å². The third kappa shape index (κ3) is 6.48. The summed E-state index contributed by atoms with van der Waals surface area (Å²) in [5.41, 5.74) is 8.08. The Hall–Kier alpha value is -0.520. The molecule has 4 nitrogen and oxygen atoms in total. The standard InChI is InChI=1S/C17H27N3O.2ClH/c18-17-5-1-3-15(11-17)12-20-6-2-4-16(14-20)13-19-7-9-21-10-8-19;;/h1,3,5,11,16H,2,4,6-10,12-14,18H2;2*1H. The smallest absolute Gasteiger partial charge is 0.0594 e. The first-order valence-electron chi connectivity index (χ1n) is 8.16. The molecule has 0 aliphatic carbocycles. The normalized spacial score (nSPS) is 22.9. The van der Waals surface area contributed by atoms with Gasteiger partial charge in [0, 0.05) is 38.4 Å². The summed E-state index contributed by atoms with van der Waals surface area (Å²) in [6, 6.07) is 8.30. The lowest BCUT2D eigenvalue weighted by Crippen LogP contribution is -2.44. The number of morpholine rings is 1. The summed E-state index contributed by atoms with van der Waals surface area (Å²) < 4.78 is 5.44. The number of nitrogens with two attached hydrogens (primary N) is 1. The number of nitrogens with zero attached hydrogens (tertiary/aromatic N) is 2. The maximum absolute atomic E-state index is 5.88. The molecule has 1 aromatic carbocycles. The second-order valence-corrected chi connectivity index (χ2v) is 6.40. The summed E-state index contributed by atoms with van der Waals surface area (Å²) in [4.78, 5) is 5.15. The lowest BCUT2D eigenvalue weighted by molar-refractivity contribution is 0.0224. The van der Waals surface area contributed by atoms with Crippen LogP contribution in [0.2, 0.25) is 0 Å². The summed E-state index contributed by atoms with van der Waals surface area (Å²) in [5.74, 6) is 0.804. The molecule has 132 valence electrons. The molecule has 1 atom stereocenters. The Morgan fingerprint density at radius 1 is 1.09 bits per heavy atom. The Kier molecular flexibility index (Phi) is 9.25. The van der Waals surface area contributed by atoms with Gasteiger partial charge in [0.2, 0.25) is 0 Å². The van der Waals surface area contributed by atoms with E-state index in [4.69, 9.17) is 10.5 Å². The maximum Gasteiger partial charge on any atom is 0.0594 e. The van der Waals surface area contributed by atoms with Crippen molar-refractivity contribution >= 4 is 30.5 Å². The maximum atomic E-state index is 5.88. The van der Waals surface area contributed by atoms with Gasteiger partial charge < -0.3 is 10.5 Å². The molecule has 0 aromatic heterocycles. The summed E-state index contributed by atoms with van der Waals surface area (Å²) >= 11 is 0. The molecule has 0 saturated carbocycles. The fourth-order valence-corrected chi connectivity index (χ4v) is 3.54. The predicted octanol–water partition coefficient (Wildman–Crippen LogP) is 2.66. The van der Waals surface area contributed by atoms with E-state index in [1.54, 1.807) is 0 Å². The van der Waals surface area contributed by atoms with Crippen LogP contribution in [-0.2, 0) is 11.3 Å². The third-order valence-corrected chi connectivity index (χ3v) is 4.58. The van der Waals surface area contributed by atoms with E-state index in [9.17, 15) is 0 Å². The SMILES string of the molecule is Cl.Cl.Nc1cccc(CN2CCCC(CN3CCOCC3)C2)c1. The van der Waals surface area contributed by atoms with Gasteiger partial charge in [0.15, 0.2) is 0 Å². The van der Waals surface area contributed by atoms with E-state index in [-0.39, 0.29) is 24.8 Å². The molecule has 2 saturated heterocycles. The molecule has 3 rings (SSSR count). The van der Waals surface area contributed by atoms with Gasteiger partial charge in [0.05, 0.1) is 13.2 Å². The average molecular weight is 362 g/mol. The van der Waals surface area contributed by atoms with Crippen molar-refractivity contribution < 1.29 is 4.74 Å². The van der Waals surface area contributed by atoms with Gasteiger partial charge in [-0.25, -0.2) is 0 Å². The van der Waals surface area contributed by atoms with Crippen molar-refractivity contribution in [2.75, 3.05) is 51.7 Å². The first kappa shape index (κ1) is 20.5. The summed E-state index contributed by atoms with van der Waals surface area (Å²) in [5, 5.41) is 0. The molecule has 2 aliphatic heterocycles. The largest absolute Gasteiger partial charge is 0.399 e. The number of likely N-dealkylation sites (tertiary alicyclic amines) is 1. The molecule has 1 aromatic rings. The first-order valence-corrected chi connectivity index (χ1v) is 8.16. The van der Waals surface area contributed by atoms with Gasteiger partial charge in [-0.3, -0.25) is 9.80 Å². The topological polar surface area (TPSA) is 41.7 Å². The molecular weight excluding hydrogens is 333 g/mol. The van der Waals surface area contributed by atoms with Crippen LogP contribution >= 0.6 is 24.8 Å². The van der Waals surface area contributed by atoms with Gasteiger partial charge in [-0.15, -0.1) is 24.8 Å². The molecule has 0 bridgehead atoms. The number of ether oxygens (including phenoxy) is 1. The molecule has 0 spiro atoms. The van der Waals surface area contributed by atoms with E-state index in [1.165, 1.54) is 38.0 Å². The van der Waals surface area contributed by atoms with Crippen LogP contribution in [0.5, 0.6) is 0 Å². The van der Waals surface area contributed by atoms with E-state index < -0.39 is 0 Å². The molecule has 0 amide bonds. The highest BCUT2D eigenvalue weighted by Crippen LogP contribution is 2.20. The van der Waals surface area contributed by atoms with Crippen LogP contribution in [0.4, 0.5) is 5.69 Å². The summed E-state index contributed by atoms with van der Waals surface area (Å²) in [6.07, 6.45) is 2.68. The van der Waals surface area contributed by atoms with Crippen molar-refractivity contribution in [2.45, 2.75) is 19.4 Å². The van der Waals surface area contributed by atoms with Crippen LogP contribution in [0.1, 0.15) is 18.4 Å². The van der Waals surface area contributed by atoms with Crippen LogP contribution in [0.3, 0.4) is 0 Å². The number of nitrogen functional groups attached to an aromatic ring is 1. The van der Waals surface area contributed by atoms with Gasteiger partial charge in [0.25, 0.3) is 0 Å². The second kappa shape index (κ2) is 10.4. The number of anilines is 1. The zero-order valence-corrected chi connectivity index (χ0v) is 15.3. The zero-order chi connectivity index (χ0) is 14.5. The Balaban J connectivity index is 0.00000132. The van der Waals surface area contributed by atoms with E-state index in [2.05, 4.69) is 28.0 Å². The fraction of sp³-hybridized carbons (Fsp3) is 0.647. The van der Waals surface area contributed by atoms with Crippen LogP contribution in [0, 0.1) is 5.92 Å². The van der Waals surface area contributed by atoms with E-state index in [0.717, 1.165) is 44.5 Å². The lowest BCUT2D eigenvalue weighted by Gasteiger charge is -2.36. The van der Waals surface area contributed by atoms with Gasteiger partial charge in [-0.1, -0.05) is 12.1 Å². The van der Waals surface area contributed by atoms with Crippen molar-refractivity contribution in [3.63, 3.8) is 0 Å². The number of piperidine rings is 1.